The highest BCUT2D eigenvalue weighted by Crippen LogP contribution is 2.15. The molecule has 2 rings (SSSR count). The maximum Gasteiger partial charge on any atom is 0.188 e. The number of hydrogen-bond acceptors (Lipinski definition) is 1. The molecule has 0 atom stereocenters. The molecule has 0 saturated carbocycles. The van der Waals surface area contributed by atoms with Gasteiger partial charge in [-0.25, -0.2) is 0 Å². The summed E-state index contributed by atoms with van der Waals surface area (Å²) in [6.07, 6.45) is 3.04. The van der Waals surface area contributed by atoms with Crippen molar-refractivity contribution in [2.24, 2.45) is 0 Å². The fourth-order valence-electron chi connectivity index (χ4n) is 1.26. The maximum absolute atomic E-state index is 11.0. The van der Waals surface area contributed by atoms with E-state index in [4.69, 9.17) is 0 Å². The van der Waals surface area contributed by atoms with E-state index >= 15 is 0 Å². The summed E-state index contributed by atoms with van der Waals surface area (Å²) in [5.41, 5.74) is 2.01. The van der Waals surface area contributed by atoms with E-state index in [0.29, 0.717) is 0 Å². The molecule has 0 unspecified atom stereocenters. The molecule has 2 nitrogen and oxygen atoms in total. The molecule has 0 aliphatic carbocycles. The van der Waals surface area contributed by atoms with Crippen molar-refractivity contribution in [2.75, 3.05) is 0 Å². The third-order valence-corrected chi connectivity index (χ3v) is 1.88. The standard InChI is InChI=1S/C11H9NO/c13-12-8-4-7-11(9-12)10-5-2-1-3-6-10/h1-9H. The van der Waals surface area contributed by atoms with Crippen LogP contribution in [0.1, 0.15) is 0 Å². The minimum atomic E-state index is 0.808. The highest BCUT2D eigenvalue weighted by atomic mass is 16.5. The van der Waals surface area contributed by atoms with Crippen molar-refractivity contribution >= 4 is 0 Å². The Hall–Kier alpha value is -1.83. The fourth-order valence-corrected chi connectivity index (χ4v) is 1.26. The second-order valence-corrected chi connectivity index (χ2v) is 2.82. The first-order chi connectivity index (χ1) is 6.36. The first kappa shape index (κ1) is 7.80. The molecule has 0 saturated heterocycles. The lowest BCUT2D eigenvalue weighted by Gasteiger charge is -2.00. The van der Waals surface area contributed by atoms with E-state index < -0.39 is 0 Å². The summed E-state index contributed by atoms with van der Waals surface area (Å²) < 4.78 is 0.808. The van der Waals surface area contributed by atoms with Crippen LogP contribution in [0.5, 0.6) is 0 Å². The zero-order valence-corrected chi connectivity index (χ0v) is 7.05. The Balaban J connectivity index is 2.48. The van der Waals surface area contributed by atoms with E-state index in [-0.39, 0.29) is 0 Å². The molecule has 0 aliphatic heterocycles. The zero-order valence-electron chi connectivity index (χ0n) is 7.05. The molecular formula is C11H9NO. The summed E-state index contributed by atoms with van der Waals surface area (Å²) in [6.45, 7) is 0. The van der Waals surface area contributed by atoms with Crippen LogP contribution in [0.2, 0.25) is 0 Å². The molecule has 0 bridgehead atoms. The minimum Gasteiger partial charge on any atom is -0.619 e. The molecule has 0 N–H and O–H groups in total. The second-order valence-electron chi connectivity index (χ2n) is 2.82. The van der Waals surface area contributed by atoms with Gasteiger partial charge in [0, 0.05) is 11.6 Å². The highest BCUT2D eigenvalue weighted by Gasteiger charge is 1.98. The van der Waals surface area contributed by atoms with Crippen LogP contribution >= 0.6 is 0 Å². The van der Waals surface area contributed by atoms with E-state index in [1.807, 2.05) is 36.4 Å². The first-order valence-corrected chi connectivity index (χ1v) is 4.10. The molecule has 1 heterocycles. The average Bonchev–Trinajstić information content (AvgIpc) is 2.19. The van der Waals surface area contributed by atoms with Gasteiger partial charge < -0.3 is 5.21 Å². The van der Waals surface area contributed by atoms with Gasteiger partial charge in [0.1, 0.15) is 0 Å². The van der Waals surface area contributed by atoms with Gasteiger partial charge in [0.2, 0.25) is 0 Å². The smallest absolute Gasteiger partial charge is 0.188 e. The van der Waals surface area contributed by atoms with Crippen LogP contribution in [0, 0.1) is 5.21 Å². The van der Waals surface area contributed by atoms with Crippen molar-refractivity contribution < 1.29 is 4.73 Å². The van der Waals surface area contributed by atoms with Crippen LogP contribution in [-0.4, -0.2) is 0 Å². The molecule has 0 fully saturated rings. The number of benzene rings is 1. The number of pyridine rings is 1. The Morgan fingerprint density at radius 1 is 0.846 bits per heavy atom. The van der Waals surface area contributed by atoms with Crippen molar-refractivity contribution in [1.29, 1.82) is 0 Å². The largest absolute Gasteiger partial charge is 0.619 e. The SMILES string of the molecule is [O-][n+]1cccc(-c2ccccc2)c1. The molecular weight excluding hydrogens is 162 g/mol. The minimum absolute atomic E-state index is 0.808. The Labute approximate surface area is 76.7 Å². The number of aromatic nitrogens is 1. The van der Waals surface area contributed by atoms with Gasteiger partial charge in [0.15, 0.2) is 12.4 Å². The van der Waals surface area contributed by atoms with Crippen LogP contribution in [0.4, 0.5) is 0 Å². The first-order valence-electron chi connectivity index (χ1n) is 4.10. The highest BCUT2D eigenvalue weighted by molar-refractivity contribution is 5.61. The molecule has 0 amide bonds. The van der Waals surface area contributed by atoms with Crippen LogP contribution in [-0.2, 0) is 0 Å². The molecule has 1 aromatic carbocycles. The van der Waals surface area contributed by atoms with E-state index in [1.54, 1.807) is 12.3 Å². The number of rotatable bonds is 1. The van der Waals surface area contributed by atoms with Gasteiger partial charge in [-0.3, -0.25) is 0 Å². The van der Waals surface area contributed by atoms with Crippen molar-refractivity contribution in [3.8, 4) is 11.1 Å². The second kappa shape index (κ2) is 3.27. The molecule has 0 spiro atoms. The molecule has 0 aliphatic rings. The van der Waals surface area contributed by atoms with Gasteiger partial charge >= 0.3 is 0 Å². The van der Waals surface area contributed by atoms with E-state index in [2.05, 4.69) is 0 Å². The monoisotopic (exact) mass is 171 g/mol. The third-order valence-electron chi connectivity index (χ3n) is 1.88. The number of nitrogens with zero attached hydrogens (tertiary/aromatic N) is 1. The summed E-state index contributed by atoms with van der Waals surface area (Å²) in [5, 5.41) is 11.0. The summed E-state index contributed by atoms with van der Waals surface area (Å²) in [5.74, 6) is 0. The lowest BCUT2D eigenvalue weighted by Crippen LogP contribution is -2.23. The van der Waals surface area contributed by atoms with Crippen molar-refractivity contribution in [3.05, 3.63) is 60.1 Å². The fraction of sp³-hybridized carbons (Fsp3) is 0. The molecule has 0 radical (unpaired) electrons. The molecule has 1 aromatic heterocycles. The van der Waals surface area contributed by atoms with Gasteiger partial charge in [-0.05, 0) is 11.6 Å². The van der Waals surface area contributed by atoms with Crippen LogP contribution in [0.15, 0.2) is 54.9 Å². The number of hydrogen-bond donors (Lipinski definition) is 0. The lowest BCUT2D eigenvalue weighted by molar-refractivity contribution is -0.604. The summed E-state index contributed by atoms with van der Waals surface area (Å²) in [4.78, 5) is 0. The molecule has 64 valence electrons. The quantitative estimate of drug-likeness (QED) is 0.476. The van der Waals surface area contributed by atoms with Gasteiger partial charge in [0.05, 0.1) is 0 Å². The molecule has 13 heavy (non-hydrogen) atoms. The Kier molecular flexibility index (Phi) is 1.96. The van der Waals surface area contributed by atoms with Gasteiger partial charge in [-0.15, -0.1) is 0 Å². The van der Waals surface area contributed by atoms with Crippen molar-refractivity contribution in [3.63, 3.8) is 0 Å². The Morgan fingerprint density at radius 3 is 2.23 bits per heavy atom. The predicted molar refractivity (Wildman–Crippen MR) is 50.8 cm³/mol. The third kappa shape index (κ3) is 1.67. The molecule has 2 aromatic rings. The summed E-state index contributed by atoms with van der Waals surface area (Å²) in [6, 6.07) is 13.5. The van der Waals surface area contributed by atoms with Gasteiger partial charge in [-0.1, -0.05) is 30.3 Å². The van der Waals surface area contributed by atoms with Gasteiger partial charge in [-0.2, -0.15) is 4.73 Å². The molecule has 2 heteroatoms. The predicted octanol–water partition coefficient (Wildman–Crippen LogP) is 1.99. The Morgan fingerprint density at radius 2 is 1.54 bits per heavy atom. The topological polar surface area (TPSA) is 26.9 Å². The van der Waals surface area contributed by atoms with Crippen molar-refractivity contribution in [1.82, 2.24) is 0 Å². The van der Waals surface area contributed by atoms with Crippen molar-refractivity contribution in [2.45, 2.75) is 0 Å². The van der Waals surface area contributed by atoms with E-state index in [0.717, 1.165) is 15.9 Å². The maximum atomic E-state index is 11.0. The Bertz CT molecular complexity index is 398. The summed E-state index contributed by atoms with van der Waals surface area (Å²) in [7, 11) is 0. The van der Waals surface area contributed by atoms with Crippen LogP contribution in [0.25, 0.3) is 11.1 Å². The van der Waals surface area contributed by atoms with Crippen LogP contribution in [0.3, 0.4) is 0 Å². The van der Waals surface area contributed by atoms with Crippen LogP contribution < -0.4 is 4.73 Å². The van der Waals surface area contributed by atoms with E-state index in [9.17, 15) is 5.21 Å². The van der Waals surface area contributed by atoms with Gasteiger partial charge in [0.25, 0.3) is 0 Å². The average molecular weight is 171 g/mol. The lowest BCUT2D eigenvalue weighted by atomic mass is 10.1. The normalized spacial score (nSPS) is 9.85. The zero-order chi connectivity index (χ0) is 9.10. The summed E-state index contributed by atoms with van der Waals surface area (Å²) >= 11 is 0. The van der Waals surface area contributed by atoms with E-state index in [1.165, 1.54) is 6.20 Å².